The molecule has 1 rings (SSSR count). The number of esters is 1. The maximum absolute atomic E-state index is 11.4. The number of nitrogens with one attached hydrogen (secondary N) is 1. The predicted molar refractivity (Wildman–Crippen MR) is 75.5 cm³/mol. The Morgan fingerprint density at radius 3 is 2.47 bits per heavy atom. The second-order valence-corrected chi connectivity index (χ2v) is 4.57. The van der Waals surface area contributed by atoms with Crippen molar-refractivity contribution in [3.05, 3.63) is 23.2 Å². The minimum atomic E-state index is -0.313. The lowest BCUT2D eigenvalue weighted by Crippen LogP contribution is -2.11. The van der Waals surface area contributed by atoms with Crippen LogP contribution in [0.4, 0.5) is 5.69 Å². The van der Waals surface area contributed by atoms with E-state index in [2.05, 4.69) is 5.32 Å². The molecule has 0 saturated heterocycles. The van der Waals surface area contributed by atoms with E-state index >= 15 is 0 Å². The van der Waals surface area contributed by atoms with Crippen molar-refractivity contribution in [2.75, 3.05) is 5.32 Å². The normalized spacial score (nSPS) is 10.1. The van der Waals surface area contributed by atoms with Crippen molar-refractivity contribution < 1.29 is 14.3 Å². The van der Waals surface area contributed by atoms with Crippen LogP contribution in [0.2, 0.25) is 5.02 Å². The molecule has 0 aliphatic rings. The maximum Gasteiger partial charge on any atom is 0.311 e. The zero-order valence-electron chi connectivity index (χ0n) is 11.2. The second-order valence-electron chi connectivity index (χ2n) is 4.17. The standard InChI is InChI=1S/C14H18ClNO3/c1-3-5-13(17)16-10-7-8-12(11(15)9-10)19-14(18)6-4-2/h7-9H,3-6H2,1-2H3,(H,16,17). The van der Waals surface area contributed by atoms with Crippen molar-refractivity contribution in [1.82, 2.24) is 0 Å². The van der Waals surface area contributed by atoms with Gasteiger partial charge in [0.15, 0.2) is 0 Å². The highest BCUT2D eigenvalue weighted by Crippen LogP contribution is 2.28. The topological polar surface area (TPSA) is 55.4 Å². The van der Waals surface area contributed by atoms with E-state index in [0.717, 1.165) is 12.8 Å². The fraction of sp³-hybridized carbons (Fsp3) is 0.429. The highest BCUT2D eigenvalue weighted by atomic mass is 35.5. The molecule has 0 atom stereocenters. The maximum atomic E-state index is 11.4. The summed E-state index contributed by atoms with van der Waals surface area (Å²) in [6, 6.07) is 4.81. The molecular formula is C14H18ClNO3. The highest BCUT2D eigenvalue weighted by molar-refractivity contribution is 6.32. The van der Waals surface area contributed by atoms with Gasteiger partial charge in [-0.3, -0.25) is 9.59 Å². The SMILES string of the molecule is CCCC(=O)Nc1ccc(OC(=O)CCC)c(Cl)c1. The molecule has 1 amide bonds. The van der Waals surface area contributed by atoms with Gasteiger partial charge in [0, 0.05) is 18.5 Å². The van der Waals surface area contributed by atoms with Crippen molar-refractivity contribution in [2.45, 2.75) is 39.5 Å². The van der Waals surface area contributed by atoms with Crippen LogP contribution in [0.15, 0.2) is 18.2 Å². The van der Waals surface area contributed by atoms with Gasteiger partial charge in [-0.1, -0.05) is 25.4 Å². The van der Waals surface area contributed by atoms with Crippen LogP contribution in [0, 0.1) is 0 Å². The van der Waals surface area contributed by atoms with Gasteiger partial charge in [-0.15, -0.1) is 0 Å². The molecular weight excluding hydrogens is 266 g/mol. The van der Waals surface area contributed by atoms with Crippen LogP contribution in [-0.2, 0) is 9.59 Å². The third kappa shape index (κ3) is 5.30. The monoisotopic (exact) mass is 283 g/mol. The summed E-state index contributed by atoms with van der Waals surface area (Å²) in [6.07, 6.45) is 2.32. The minimum Gasteiger partial charge on any atom is -0.425 e. The van der Waals surface area contributed by atoms with Crippen LogP contribution < -0.4 is 10.1 Å². The number of carbonyl (C=O) groups is 2. The lowest BCUT2D eigenvalue weighted by Gasteiger charge is -2.08. The summed E-state index contributed by atoms with van der Waals surface area (Å²) in [6.45, 7) is 3.83. The Morgan fingerprint density at radius 1 is 1.21 bits per heavy atom. The Hall–Kier alpha value is -1.55. The zero-order valence-corrected chi connectivity index (χ0v) is 11.9. The average molecular weight is 284 g/mol. The summed E-state index contributed by atoms with van der Waals surface area (Å²) in [5, 5.41) is 3.03. The van der Waals surface area contributed by atoms with E-state index in [0.29, 0.717) is 29.3 Å². The summed E-state index contributed by atoms with van der Waals surface area (Å²) in [4.78, 5) is 22.8. The average Bonchev–Trinajstić information content (AvgIpc) is 2.33. The summed E-state index contributed by atoms with van der Waals surface area (Å²) in [5.74, 6) is -0.0601. The van der Waals surface area contributed by atoms with Gasteiger partial charge in [0.25, 0.3) is 0 Å². The first kappa shape index (κ1) is 15.5. The van der Waals surface area contributed by atoms with Gasteiger partial charge in [0.2, 0.25) is 5.91 Å². The van der Waals surface area contributed by atoms with Crippen LogP contribution in [0.3, 0.4) is 0 Å². The number of benzene rings is 1. The number of rotatable bonds is 6. The van der Waals surface area contributed by atoms with Gasteiger partial charge >= 0.3 is 5.97 Å². The van der Waals surface area contributed by atoms with Crippen molar-refractivity contribution in [3.63, 3.8) is 0 Å². The van der Waals surface area contributed by atoms with E-state index in [1.54, 1.807) is 18.2 Å². The molecule has 0 aliphatic carbocycles. The Labute approximate surface area is 118 Å². The molecule has 0 aliphatic heterocycles. The molecule has 1 aromatic carbocycles. The molecule has 0 spiro atoms. The first-order valence-corrected chi connectivity index (χ1v) is 6.74. The molecule has 0 fully saturated rings. The van der Waals surface area contributed by atoms with Crippen molar-refractivity contribution in [3.8, 4) is 5.75 Å². The van der Waals surface area contributed by atoms with Crippen LogP contribution >= 0.6 is 11.6 Å². The molecule has 1 aromatic rings. The second kappa shape index (κ2) is 7.79. The predicted octanol–water partition coefficient (Wildman–Crippen LogP) is 3.78. The van der Waals surface area contributed by atoms with E-state index in [-0.39, 0.29) is 11.9 Å². The number of carbonyl (C=O) groups excluding carboxylic acids is 2. The number of hydrogen-bond donors (Lipinski definition) is 1. The molecule has 0 bridgehead atoms. The number of amides is 1. The lowest BCUT2D eigenvalue weighted by molar-refractivity contribution is -0.134. The first-order valence-electron chi connectivity index (χ1n) is 6.36. The molecule has 104 valence electrons. The summed E-state index contributed by atoms with van der Waals surface area (Å²) in [7, 11) is 0. The highest BCUT2D eigenvalue weighted by Gasteiger charge is 2.09. The third-order valence-corrected chi connectivity index (χ3v) is 2.67. The van der Waals surface area contributed by atoms with Gasteiger partial charge in [0.05, 0.1) is 5.02 Å². The Balaban J connectivity index is 2.69. The summed E-state index contributed by atoms with van der Waals surface area (Å²) >= 11 is 6.01. The largest absolute Gasteiger partial charge is 0.425 e. The molecule has 0 saturated carbocycles. The summed E-state index contributed by atoms with van der Waals surface area (Å²) < 4.78 is 5.11. The molecule has 4 nitrogen and oxygen atoms in total. The van der Waals surface area contributed by atoms with Crippen molar-refractivity contribution in [1.29, 1.82) is 0 Å². The first-order chi connectivity index (χ1) is 9.06. The Kier molecular flexibility index (Phi) is 6.36. The van der Waals surface area contributed by atoms with E-state index in [9.17, 15) is 9.59 Å². The lowest BCUT2D eigenvalue weighted by atomic mass is 10.2. The fourth-order valence-electron chi connectivity index (χ4n) is 1.49. The van der Waals surface area contributed by atoms with Crippen molar-refractivity contribution >= 4 is 29.2 Å². The number of halogens is 1. The summed E-state index contributed by atoms with van der Waals surface area (Å²) in [5.41, 5.74) is 0.596. The molecule has 0 radical (unpaired) electrons. The van der Waals surface area contributed by atoms with Gasteiger partial charge in [-0.05, 0) is 31.0 Å². The van der Waals surface area contributed by atoms with E-state index in [1.165, 1.54) is 0 Å². The van der Waals surface area contributed by atoms with E-state index in [1.807, 2.05) is 13.8 Å². The number of anilines is 1. The van der Waals surface area contributed by atoms with Crippen LogP contribution in [0.1, 0.15) is 39.5 Å². The van der Waals surface area contributed by atoms with Gasteiger partial charge < -0.3 is 10.1 Å². The van der Waals surface area contributed by atoms with E-state index < -0.39 is 0 Å². The van der Waals surface area contributed by atoms with Crippen molar-refractivity contribution in [2.24, 2.45) is 0 Å². The quantitative estimate of drug-likeness (QED) is 0.638. The minimum absolute atomic E-state index is 0.0608. The molecule has 0 aromatic heterocycles. The number of ether oxygens (including phenoxy) is 1. The van der Waals surface area contributed by atoms with Crippen LogP contribution in [-0.4, -0.2) is 11.9 Å². The van der Waals surface area contributed by atoms with Crippen LogP contribution in [0.25, 0.3) is 0 Å². The smallest absolute Gasteiger partial charge is 0.311 e. The van der Waals surface area contributed by atoms with Crippen LogP contribution in [0.5, 0.6) is 5.75 Å². The molecule has 0 heterocycles. The zero-order chi connectivity index (χ0) is 14.3. The Bertz CT molecular complexity index is 460. The fourth-order valence-corrected chi connectivity index (χ4v) is 1.71. The van der Waals surface area contributed by atoms with E-state index in [4.69, 9.17) is 16.3 Å². The molecule has 1 N–H and O–H groups in total. The number of hydrogen-bond acceptors (Lipinski definition) is 3. The van der Waals surface area contributed by atoms with Gasteiger partial charge in [-0.25, -0.2) is 0 Å². The Morgan fingerprint density at radius 2 is 1.89 bits per heavy atom. The molecule has 19 heavy (non-hydrogen) atoms. The third-order valence-electron chi connectivity index (χ3n) is 2.37. The molecule has 0 unspecified atom stereocenters. The van der Waals surface area contributed by atoms with Gasteiger partial charge in [-0.2, -0.15) is 0 Å². The van der Waals surface area contributed by atoms with Gasteiger partial charge in [0.1, 0.15) is 5.75 Å². The molecule has 5 heteroatoms.